The number of benzene rings is 1. The van der Waals surface area contributed by atoms with Crippen LogP contribution < -0.4 is 5.73 Å². The quantitative estimate of drug-likeness (QED) is 0.791. The minimum Gasteiger partial charge on any atom is -0.368 e. The molecule has 1 aliphatic carbocycles. The predicted octanol–water partition coefficient (Wildman–Crippen LogP) is 1.67. The summed E-state index contributed by atoms with van der Waals surface area (Å²) in [5.41, 5.74) is 5.61. The van der Waals surface area contributed by atoms with Crippen molar-refractivity contribution in [2.45, 2.75) is 43.7 Å². The van der Waals surface area contributed by atoms with Crippen molar-refractivity contribution in [2.75, 3.05) is 20.1 Å². The summed E-state index contributed by atoms with van der Waals surface area (Å²) in [5.74, 6) is -0.268. The number of amides is 1. The normalized spacial score (nSPS) is 27.3. The zero-order chi connectivity index (χ0) is 19.9. The van der Waals surface area contributed by atoms with E-state index in [-0.39, 0.29) is 40.6 Å². The lowest BCUT2D eigenvalue weighted by Crippen LogP contribution is -2.52. The Morgan fingerprint density at radius 1 is 1.22 bits per heavy atom. The molecule has 1 aliphatic heterocycles. The van der Waals surface area contributed by atoms with Crippen LogP contribution in [0.5, 0.6) is 0 Å². The molecule has 8 heteroatoms. The fraction of sp³-hybridized carbons (Fsp3) is 0.632. The molecule has 6 nitrogen and oxygen atoms in total. The zero-order valence-electron chi connectivity index (χ0n) is 16.0. The number of sulfonamides is 1. The van der Waals surface area contributed by atoms with Crippen LogP contribution in [0.25, 0.3) is 0 Å². The van der Waals surface area contributed by atoms with Gasteiger partial charge in [0.05, 0.1) is 10.9 Å². The smallest absolute Gasteiger partial charge is 0.243 e. The molecule has 27 heavy (non-hydrogen) atoms. The molecule has 0 radical (unpaired) electrons. The number of likely N-dealkylation sites (N-methyl/N-ethyl adjacent to an activating group) is 1. The lowest BCUT2D eigenvalue weighted by molar-refractivity contribution is -0.125. The third kappa shape index (κ3) is 3.75. The van der Waals surface area contributed by atoms with Crippen LogP contribution in [0.2, 0.25) is 0 Å². The number of primary amides is 1. The Labute approximate surface area is 160 Å². The first-order valence-electron chi connectivity index (χ1n) is 9.40. The molecule has 2 N–H and O–H groups in total. The highest BCUT2D eigenvalue weighted by molar-refractivity contribution is 7.89. The van der Waals surface area contributed by atoms with Crippen LogP contribution in [-0.2, 0) is 14.8 Å². The number of carbonyl (C=O) groups excluding carboxylic acids is 1. The third-order valence-corrected chi connectivity index (χ3v) is 7.97. The summed E-state index contributed by atoms with van der Waals surface area (Å²) in [5, 5.41) is 0. The number of nitrogens with zero attached hydrogens (tertiary/aromatic N) is 2. The average Bonchev–Trinajstić information content (AvgIpc) is 3.15. The van der Waals surface area contributed by atoms with Crippen molar-refractivity contribution < 1.29 is 17.6 Å². The summed E-state index contributed by atoms with van der Waals surface area (Å²) in [4.78, 5) is 14.1. The molecular weight excluding hydrogens is 369 g/mol. The Bertz CT molecular complexity index is 797. The summed E-state index contributed by atoms with van der Waals surface area (Å²) in [6.07, 6.45) is 1.87. The minimum absolute atomic E-state index is 0.0898. The summed E-state index contributed by atoms with van der Waals surface area (Å²) >= 11 is 0. The van der Waals surface area contributed by atoms with E-state index in [9.17, 15) is 17.6 Å². The van der Waals surface area contributed by atoms with E-state index in [1.54, 1.807) is 0 Å². The highest BCUT2D eigenvalue weighted by Crippen LogP contribution is 2.42. The van der Waals surface area contributed by atoms with Crippen molar-refractivity contribution >= 4 is 15.9 Å². The first kappa shape index (κ1) is 20.2. The number of rotatable bonds is 6. The van der Waals surface area contributed by atoms with Crippen LogP contribution >= 0.6 is 0 Å². The van der Waals surface area contributed by atoms with Gasteiger partial charge in [0.15, 0.2) is 0 Å². The number of carbonyl (C=O) groups is 1. The molecule has 150 valence electrons. The fourth-order valence-electron chi connectivity index (χ4n) is 4.86. The molecule has 2 fully saturated rings. The summed E-state index contributed by atoms with van der Waals surface area (Å²) in [6, 6.07) is 4.72. The first-order chi connectivity index (χ1) is 12.6. The molecule has 0 aromatic heterocycles. The second-order valence-corrected chi connectivity index (χ2v) is 10.0. The maximum absolute atomic E-state index is 13.1. The van der Waals surface area contributed by atoms with E-state index in [0.717, 1.165) is 12.8 Å². The Balaban J connectivity index is 1.78. The SMILES string of the molecule is CC(C)[C@@H](C(N)=O)N(C)[C@H]1CC[C@@H]2CN(S(=O)(=O)c3ccc(F)cc3)C[C@@H]21. The fourth-order valence-corrected chi connectivity index (χ4v) is 6.39. The summed E-state index contributed by atoms with van der Waals surface area (Å²) in [6.45, 7) is 4.83. The van der Waals surface area contributed by atoms with Gasteiger partial charge in [-0.3, -0.25) is 9.69 Å². The maximum Gasteiger partial charge on any atom is 0.243 e. The molecule has 4 atom stereocenters. The van der Waals surface area contributed by atoms with E-state index < -0.39 is 15.8 Å². The Hall–Kier alpha value is -1.51. The molecule has 1 saturated heterocycles. The van der Waals surface area contributed by atoms with Gasteiger partial charge in [0.25, 0.3) is 0 Å². The molecule has 0 spiro atoms. The van der Waals surface area contributed by atoms with Gasteiger partial charge in [-0.05, 0) is 61.9 Å². The van der Waals surface area contributed by atoms with Crippen LogP contribution in [0, 0.1) is 23.6 Å². The second-order valence-electron chi connectivity index (χ2n) is 8.10. The molecule has 1 amide bonds. The predicted molar refractivity (Wildman–Crippen MR) is 101 cm³/mol. The van der Waals surface area contributed by atoms with Gasteiger partial charge in [-0.15, -0.1) is 0 Å². The van der Waals surface area contributed by atoms with E-state index in [0.29, 0.717) is 13.1 Å². The van der Waals surface area contributed by atoms with Crippen molar-refractivity contribution in [1.29, 1.82) is 0 Å². The van der Waals surface area contributed by atoms with Gasteiger partial charge in [0.1, 0.15) is 5.82 Å². The zero-order valence-corrected chi connectivity index (χ0v) is 16.8. The summed E-state index contributed by atoms with van der Waals surface area (Å²) < 4.78 is 40.5. The molecule has 0 unspecified atom stereocenters. The van der Waals surface area contributed by atoms with Gasteiger partial charge >= 0.3 is 0 Å². The maximum atomic E-state index is 13.1. The molecule has 3 rings (SSSR count). The van der Waals surface area contributed by atoms with Crippen LogP contribution in [0.4, 0.5) is 4.39 Å². The highest BCUT2D eigenvalue weighted by atomic mass is 32.2. The lowest BCUT2D eigenvalue weighted by Gasteiger charge is -2.36. The van der Waals surface area contributed by atoms with Crippen LogP contribution in [0.15, 0.2) is 29.2 Å². The molecule has 1 heterocycles. The Morgan fingerprint density at radius 3 is 2.41 bits per heavy atom. The Kier molecular flexibility index (Phi) is 5.61. The number of halogens is 1. The van der Waals surface area contributed by atoms with E-state index >= 15 is 0 Å². The standard InChI is InChI=1S/C19H28FN3O3S/c1-12(2)18(19(21)24)22(3)17-9-4-13-10-23(11-16(13)17)27(25,26)15-7-5-14(20)6-8-15/h5-8,12-13,16-18H,4,9-11H2,1-3H3,(H2,21,24)/t13-,16+,17+,18+/m1/s1. The molecule has 0 bridgehead atoms. The van der Waals surface area contributed by atoms with Crippen LogP contribution in [0.1, 0.15) is 26.7 Å². The van der Waals surface area contributed by atoms with Gasteiger partial charge in [0.2, 0.25) is 15.9 Å². The lowest BCUT2D eigenvalue weighted by atomic mass is 9.93. The molecular formula is C19H28FN3O3S. The summed E-state index contributed by atoms with van der Waals surface area (Å²) in [7, 11) is -1.73. The number of fused-ring (bicyclic) bond motifs is 1. The molecule has 1 aromatic carbocycles. The van der Waals surface area contributed by atoms with Crippen molar-refractivity contribution in [3.8, 4) is 0 Å². The van der Waals surface area contributed by atoms with E-state index in [1.165, 1.54) is 28.6 Å². The van der Waals surface area contributed by atoms with Crippen LogP contribution in [-0.4, -0.2) is 55.8 Å². The van der Waals surface area contributed by atoms with E-state index in [1.807, 2.05) is 25.8 Å². The number of hydrogen-bond acceptors (Lipinski definition) is 4. The highest BCUT2D eigenvalue weighted by Gasteiger charge is 2.49. The topological polar surface area (TPSA) is 83.7 Å². The van der Waals surface area contributed by atoms with Gasteiger partial charge in [-0.25, -0.2) is 12.8 Å². The molecule has 1 saturated carbocycles. The third-order valence-electron chi connectivity index (χ3n) is 6.12. The molecule has 2 aliphatic rings. The number of nitrogens with two attached hydrogens (primary N) is 1. The monoisotopic (exact) mass is 397 g/mol. The van der Waals surface area contributed by atoms with Crippen LogP contribution in [0.3, 0.4) is 0 Å². The van der Waals surface area contributed by atoms with Gasteiger partial charge < -0.3 is 5.73 Å². The minimum atomic E-state index is -3.64. The Morgan fingerprint density at radius 2 is 1.85 bits per heavy atom. The average molecular weight is 398 g/mol. The van der Waals surface area contributed by atoms with Crippen molar-refractivity contribution in [3.63, 3.8) is 0 Å². The first-order valence-corrected chi connectivity index (χ1v) is 10.8. The largest absolute Gasteiger partial charge is 0.368 e. The van der Waals surface area contributed by atoms with Gasteiger partial charge in [-0.1, -0.05) is 13.8 Å². The van der Waals surface area contributed by atoms with Crippen molar-refractivity contribution in [1.82, 2.24) is 9.21 Å². The van der Waals surface area contributed by atoms with Crippen molar-refractivity contribution in [3.05, 3.63) is 30.1 Å². The molecule has 1 aromatic rings. The van der Waals surface area contributed by atoms with Crippen molar-refractivity contribution in [2.24, 2.45) is 23.5 Å². The van der Waals surface area contributed by atoms with E-state index in [4.69, 9.17) is 5.73 Å². The van der Waals surface area contributed by atoms with E-state index in [2.05, 4.69) is 0 Å². The number of hydrogen-bond donors (Lipinski definition) is 1. The van der Waals surface area contributed by atoms with Gasteiger partial charge in [-0.2, -0.15) is 4.31 Å². The second kappa shape index (κ2) is 7.48. The van der Waals surface area contributed by atoms with Gasteiger partial charge in [0, 0.05) is 19.1 Å².